The number of nitrogens with zero attached hydrogens (tertiary/aromatic N) is 4. The minimum Gasteiger partial charge on any atom is -0.508 e. The standard InChI is InChI=1S/C18H23N5O3.ClH/c1-19-16(14-11-20-21(2)12-14)18(26)23-8-6-22(7-9-23)17(25)13-4-3-5-15(24)10-13;/h3-5,10-12,16,19,24H,6-9H2,1-2H3;1H. The van der Waals surface area contributed by atoms with Crippen LogP contribution < -0.4 is 5.32 Å². The van der Waals surface area contributed by atoms with E-state index in [2.05, 4.69) is 10.4 Å². The number of aromatic nitrogens is 2. The summed E-state index contributed by atoms with van der Waals surface area (Å²) in [5.74, 6) is -0.0895. The minimum absolute atomic E-state index is 0. The Morgan fingerprint density at radius 1 is 1.19 bits per heavy atom. The average molecular weight is 394 g/mol. The number of carbonyl (C=O) groups is 2. The molecule has 3 rings (SSSR count). The maximum atomic E-state index is 12.8. The fourth-order valence-corrected chi connectivity index (χ4v) is 3.16. The molecular formula is C18H24ClN5O3. The number of aromatic hydroxyl groups is 1. The van der Waals surface area contributed by atoms with Crippen LogP contribution in [0.25, 0.3) is 0 Å². The molecule has 0 spiro atoms. The number of benzene rings is 1. The molecule has 1 unspecified atom stereocenters. The summed E-state index contributed by atoms with van der Waals surface area (Å²) in [7, 11) is 3.56. The summed E-state index contributed by atoms with van der Waals surface area (Å²) in [6, 6.07) is 5.87. The Morgan fingerprint density at radius 3 is 2.41 bits per heavy atom. The van der Waals surface area contributed by atoms with Crippen molar-refractivity contribution in [2.45, 2.75) is 6.04 Å². The van der Waals surface area contributed by atoms with Gasteiger partial charge in [-0.3, -0.25) is 14.3 Å². The van der Waals surface area contributed by atoms with Crippen LogP contribution in [-0.4, -0.2) is 69.7 Å². The molecule has 2 N–H and O–H groups in total. The van der Waals surface area contributed by atoms with Crippen molar-refractivity contribution in [2.75, 3.05) is 33.2 Å². The Kier molecular flexibility index (Phi) is 6.81. The molecule has 2 aromatic rings. The van der Waals surface area contributed by atoms with Gasteiger partial charge in [-0.2, -0.15) is 5.10 Å². The van der Waals surface area contributed by atoms with Crippen LogP contribution >= 0.6 is 12.4 Å². The molecule has 8 nitrogen and oxygen atoms in total. The lowest BCUT2D eigenvalue weighted by atomic mass is 10.1. The normalized spacial score (nSPS) is 15.2. The van der Waals surface area contributed by atoms with E-state index in [9.17, 15) is 14.7 Å². The van der Waals surface area contributed by atoms with E-state index in [0.717, 1.165) is 5.56 Å². The molecule has 9 heteroatoms. The third-order valence-electron chi connectivity index (χ3n) is 4.57. The topological polar surface area (TPSA) is 90.7 Å². The highest BCUT2D eigenvalue weighted by atomic mass is 35.5. The summed E-state index contributed by atoms with van der Waals surface area (Å²) in [5.41, 5.74) is 1.27. The van der Waals surface area contributed by atoms with Crippen molar-refractivity contribution in [3.8, 4) is 5.75 Å². The Balaban J connectivity index is 0.00000261. The molecule has 1 saturated heterocycles. The second-order valence-corrected chi connectivity index (χ2v) is 6.34. The Bertz CT molecular complexity index is 802. The first-order valence-electron chi connectivity index (χ1n) is 8.52. The number of piperazine rings is 1. The molecule has 2 heterocycles. The number of hydrogen-bond donors (Lipinski definition) is 2. The Morgan fingerprint density at radius 2 is 1.85 bits per heavy atom. The van der Waals surface area contributed by atoms with Gasteiger partial charge < -0.3 is 20.2 Å². The van der Waals surface area contributed by atoms with Gasteiger partial charge >= 0.3 is 0 Å². The Hall–Kier alpha value is -2.58. The first-order chi connectivity index (χ1) is 12.5. The largest absolute Gasteiger partial charge is 0.508 e. The maximum Gasteiger partial charge on any atom is 0.254 e. The number of hydrogen-bond acceptors (Lipinski definition) is 5. The molecule has 0 radical (unpaired) electrons. The third-order valence-corrected chi connectivity index (χ3v) is 4.57. The van der Waals surface area contributed by atoms with E-state index in [1.807, 2.05) is 13.2 Å². The molecule has 2 amide bonds. The average Bonchev–Trinajstić information content (AvgIpc) is 3.08. The number of nitrogens with one attached hydrogen (secondary N) is 1. The first kappa shape index (κ1) is 20.7. The van der Waals surface area contributed by atoms with E-state index in [-0.39, 0.29) is 30.0 Å². The number of likely N-dealkylation sites (N-methyl/N-ethyl adjacent to an activating group) is 1. The molecule has 1 fully saturated rings. The second kappa shape index (κ2) is 8.88. The van der Waals surface area contributed by atoms with Gasteiger partial charge in [0.05, 0.1) is 6.20 Å². The van der Waals surface area contributed by atoms with Gasteiger partial charge in [-0.15, -0.1) is 12.4 Å². The van der Waals surface area contributed by atoms with Crippen LogP contribution in [0.15, 0.2) is 36.7 Å². The van der Waals surface area contributed by atoms with Gasteiger partial charge in [0.2, 0.25) is 5.91 Å². The van der Waals surface area contributed by atoms with Crippen LogP contribution in [0, 0.1) is 0 Å². The van der Waals surface area contributed by atoms with Crippen molar-refractivity contribution >= 4 is 24.2 Å². The molecule has 1 aliphatic heterocycles. The van der Waals surface area contributed by atoms with Gasteiger partial charge in [0.1, 0.15) is 11.8 Å². The lowest BCUT2D eigenvalue weighted by molar-refractivity contribution is -0.135. The number of phenols is 1. The highest BCUT2D eigenvalue weighted by molar-refractivity contribution is 5.94. The van der Waals surface area contributed by atoms with Crippen LogP contribution in [0.5, 0.6) is 5.75 Å². The number of amides is 2. The lowest BCUT2D eigenvalue weighted by Gasteiger charge is -2.36. The molecule has 1 aliphatic rings. The van der Waals surface area contributed by atoms with E-state index >= 15 is 0 Å². The van der Waals surface area contributed by atoms with Crippen molar-refractivity contribution < 1.29 is 14.7 Å². The molecule has 27 heavy (non-hydrogen) atoms. The van der Waals surface area contributed by atoms with Gasteiger partial charge in [-0.05, 0) is 25.2 Å². The number of halogens is 1. The lowest BCUT2D eigenvalue weighted by Crippen LogP contribution is -2.52. The molecule has 1 atom stereocenters. The highest BCUT2D eigenvalue weighted by Gasteiger charge is 2.30. The van der Waals surface area contributed by atoms with Crippen LogP contribution in [0.3, 0.4) is 0 Å². The van der Waals surface area contributed by atoms with Crippen molar-refractivity contribution in [2.24, 2.45) is 7.05 Å². The molecular weight excluding hydrogens is 370 g/mol. The second-order valence-electron chi connectivity index (χ2n) is 6.34. The van der Waals surface area contributed by atoms with E-state index < -0.39 is 6.04 Å². The minimum atomic E-state index is -0.447. The molecule has 0 bridgehead atoms. The first-order valence-corrected chi connectivity index (χ1v) is 8.52. The number of aryl methyl sites for hydroxylation is 1. The maximum absolute atomic E-state index is 12.8. The molecule has 0 aliphatic carbocycles. The quantitative estimate of drug-likeness (QED) is 0.801. The predicted molar refractivity (Wildman–Crippen MR) is 103 cm³/mol. The van der Waals surface area contributed by atoms with E-state index in [1.54, 1.807) is 39.9 Å². The zero-order valence-corrected chi connectivity index (χ0v) is 16.1. The van der Waals surface area contributed by atoms with Crippen molar-refractivity contribution in [3.63, 3.8) is 0 Å². The molecule has 1 aromatic heterocycles. The summed E-state index contributed by atoms with van der Waals surface area (Å²) in [6.07, 6.45) is 3.50. The summed E-state index contributed by atoms with van der Waals surface area (Å²) in [5, 5.41) is 16.7. The van der Waals surface area contributed by atoms with Crippen LogP contribution in [0.4, 0.5) is 0 Å². The smallest absolute Gasteiger partial charge is 0.254 e. The summed E-state index contributed by atoms with van der Waals surface area (Å²) < 4.78 is 1.67. The molecule has 1 aromatic carbocycles. The fraction of sp³-hybridized carbons (Fsp3) is 0.389. The number of carbonyl (C=O) groups excluding carboxylic acids is 2. The number of phenolic OH excluding ortho intramolecular Hbond substituents is 1. The Labute approximate surface area is 164 Å². The van der Waals surface area contributed by atoms with Crippen molar-refractivity contribution in [1.82, 2.24) is 24.9 Å². The van der Waals surface area contributed by atoms with Crippen LogP contribution in [-0.2, 0) is 11.8 Å². The monoisotopic (exact) mass is 393 g/mol. The number of rotatable bonds is 4. The molecule has 0 saturated carbocycles. The van der Waals surface area contributed by atoms with Gasteiger partial charge in [0.15, 0.2) is 0 Å². The predicted octanol–water partition coefficient (Wildman–Crippen LogP) is 0.793. The van der Waals surface area contributed by atoms with Crippen molar-refractivity contribution in [3.05, 3.63) is 47.8 Å². The van der Waals surface area contributed by atoms with E-state index in [4.69, 9.17) is 0 Å². The van der Waals surface area contributed by atoms with Gasteiger partial charge in [0, 0.05) is 50.6 Å². The van der Waals surface area contributed by atoms with Gasteiger partial charge in [0.25, 0.3) is 5.91 Å². The fourth-order valence-electron chi connectivity index (χ4n) is 3.16. The highest BCUT2D eigenvalue weighted by Crippen LogP contribution is 2.18. The zero-order valence-electron chi connectivity index (χ0n) is 15.3. The summed E-state index contributed by atoms with van der Waals surface area (Å²) in [6.45, 7) is 1.87. The van der Waals surface area contributed by atoms with Crippen LogP contribution in [0.2, 0.25) is 0 Å². The zero-order chi connectivity index (χ0) is 18.7. The van der Waals surface area contributed by atoms with E-state index in [0.29, 0.717) is 31.7 Å². The third kappa shape index (κ3) is 4.58. The summed E-state index contributed by atoms with van der Waals surface area (Å²) in [4.78, 5) is 28.8. The van der Waals surface area contributed by atoms with Crippen molar-refractivity contribution in [1.29, 1.82) is 0 Å². The molecule has 146 valence electrons. The van der Waals surface area contributed by atoms with E-state index in [1.165, 1.54) is 12.1 Å². The van der Waals surface area contributed by atoms with Gasteiger partial charge in [-0.1, -0.05) is 6.07 Å². The summed E-state index contributed by atoms with van der Waals surface area (Å²) >= 11 is 0. The van der Waals surface area contributed by atoms with Crippen LogP contribution in [0.1, 0.15) is 22.0 Å². The van der Waals surface area contributed by atoms with Gasteiger partial charge in [-0.25, -0.2) is 0 Å². The SMILES string of the molecule is CNC(C(=O)N1CCN(C(=O)c2cccc(O)c2)CC1)c1cnn(C)c1.Cl.